The van der Waals surface area contributed by atoms with Crippen LogP contribution in [0.1, 0.15) is 17.2 Å². The lowest BCUT2D eigenvalue weighted by Gasteiger charge is -2.16. The molecule has 0 bridgehead atoms. The lowest BCUT2D eigenvalue weighted by Crippen LogP contribution is -2.22. The molecule has 3 N–H and O–H groups in total. The van der Waals surface area contributed by atoms with Crippen LogP contribution in [-0.2, 0) is 11.0 Å². The lowest BCUT2D eigenvalue weighted by molar-refractivity contribution is -0.141. The molecule has 162 valence electrons. The average Bonchev–Trinajstić information content (AvgIpc) is 3.47. The van der Waals surface area contributed by atoms with Crippen molar-refractivity contribution in [2.24, 2.45) is 0 Å². The van der Waals surface area contributed by atoms with Crippen molar-refractivity contribution >= 4 is 28.6 Å². The van der Waals surface area contributed by atoms with E-state index in [0.29, 0.717) is 11.1 Å². The SMILES string of the molecule is Nc1nc2c(cnn2C(C(=O)O)c2cccc(C(F)(F)F)c2)c2nc(-c3ccco3)nn12. The summed E-state index contributed by atoms with van der Waals surface area (Å²) >= 11 is 0. The molecule has 10 nitrogen and oxygen atoms in total. The molecule has 0 aliphatic carbocycles. The summed E-state index contributed by atoms with van der Waals surface area (Å²) in [6.45, 7) is 0. The molecule has 0 spiro atoms. The third-order valence-corrected chi connectivity index (χ3v) is 4.80. The van der Waals surface area contributed by atoms with E-state index in [1.54, 1.807) is 12.1 Å². The third-order valence-electron chi connectivity index (χ3n) is 4.80. The van der Waals surface area contributed by atoms with Crippen molar-refractivity contribution in [3.63, 3.8) is 0 Å². The first-order valence-electron chi connectivity index (χ1n) is 9.07. The van der Waals surface area contributed by atoms with Crippen molar-refractivity contribution in [2.45, 2.75) is 12.2 Å². The third kappa shape index (κ3) is 3.02. The van der Waals surface area contributed by atoms with Gasteiger partial charge in [0.1, 0.15) is 0 Å². The molecular formula is C19H12F3N7O3. The van der Waals surface area contributed by atoms with Gasteiger partial charge in [0.25, 0.3) is 0 Å². The Morgan fingerprint density at radius 3 is 2.66 bits per heavy atom. The minimum atomic E-state index is -4.64. The van der Waals surface area contributed by atoms with E-state index in [-0.39, 0.29) is 28.6 Å². The van der Waals surface area contributed by atoms with E-state index in [1.807, 2.05) is 0 Å². The van der Waals surface area contributed by atoms with Crippen LogP contribution in [0.25, 0.3) is 28.3 Å². The van der Waals surface area contributed by atoms with Crippen molar-refractivity contribution < 1.29 is 27.5 Å². The molecule has 5 aromatic rings. The van der Waals surface area contributed by atoms with Gasteiger partial charge in [0.2, 0.25) is 11.8 Å². The number of benzene rings is 1. The molecule has 0 radical (unpaired) electrons. The van der Waals surface area contributed by atoms with Crippen LogP contribution in [0.5, 0.6) is 0 Å². The monoisotopic (exact) mass is 443 g/mol. The van der Waals surface area contributed by atoms with Gasteiger partial charge in [0.05, 0.1) is 23.4 Å². The van der Waals surface area contributed by atoms with E-state index in [1.165, 1.54) is 23.0 Å². The predicted molar refractivity (Wildman–Crippen MR) is 103 cm³/mol. The molecule has 4 heterocycles. The maximum absolute atomic E-state index is 13.1. The zero-order chi connectivity index (χ0) is 22.6. The van der Waals surface area contributed by atoms with Crippen LogP contribution in [0, 0.1) is 0 Å². The highest BCUT2D eigenvalue weighted by molar-refractivity contribution is 5.91. The molecule has 32 heavy (non-hydrogen) atoms. The number of carboxylic acid groups (broad SMARTS) is 1. The minimum absolute atomic E-state index is 0.0261. The number of hydrogen-bond donors (Lipinski definition) is 2. The van der Waals surface area contributed by atoms with Gasteiger partial charge in [-0.3, -0.25) is 0 Å². The van der Waals surface area contributed by atoms with Crippen molar-refractivity contribution in [2.75, 3.05) is 5.73 Å². The summed E-state index contributed by atoms with van der Waals surface area (Å²) < 4.78 is 47.0. The van der Waals surface area contributed by atoms with Crippen LogP contribution in [0.2, 0.25) is 0 Å². The number of nitrogens with zero attached hydrogens (tertiary/aromatic N) is 6. The normalized spacial score (nSPS) is 13.1. The van der Waals surface area contributed by atoms with Crippen LogP contribution in [0.4, 0.5) is 19.1 Å². The van der Waals surface area contributed by atoms with E-state index in [0.717, 1.165) is 22.9 Å². The van der Waals surface area contributed by atoms with Crippen LogP contribution in [-0.4, -0.2) is 40.4 Å². The zero-order valence-corrected chi connectivity index (χ0v) is 15.9. The van der Waals surface area contributed by atoms with Crippen LogP contribution in [0.15, 0.2) is 53.3 Å². The number of hydrogen-bond acceptors (Lipinski definition) is 7. The van der Waals surface area contributed by atoms with Gasteiger partial charge in [-0.2, -0.15) is 27.8 Å². The van der Waals surface area contributed by atoms with Crippen molar-refractivity contribution in [1.29, 1.82) is 0 Å². The number of carbonyl (C=O) groups is 1. The van der Waals surface area contributed by atoms with Crippen molar-refractivity contribution in [1.82, 2.24) is 29.4 Å². The Bertz CT molecular complexity index is 1470. The fraction of sp³-hybridized carbons (Fsp3) is 0.105. The molecule has 1 unspecified atom stereocenters. The van der Waals surface area contributed by atoms with Gasteiger partial charge < -0.3 is 15.3 Å². The summed E-state index contributed by atoms with van der Waals surface area (Å²) in [5, 5.41) is 18.4. The maximum atomic E-state index is 13.1. The van der Waals surface area contributed by atoms with E-state index in [2.05, 4.69) is 20.2 Å². The van der Waals surface area contributed by atoms with Gasteiger partial charge in [-0.05, 0) is 29.8 Å². The summed E-state index contributed by atoms with van der Waals surface area (Å²) in [5.74, 6) is -0.947. The number of aromatic nitrogens is 6. The molecule has 0 saturated carbocycles. The fourth-order valence-electron chi connectivity index (χ4n) is 3.40. The first-order valence-corrected chi connectivity index (χ1v) is 9.07. The largest absolute Gasteiger partial charge is 0.479 e. The van der Waals surface area contributed by atoms with Crippen LogP contribution in [0.3, 0.4) is 0 Å². The topological polar surface area (TPSA) is 137 Å². The van der Waals surface area contributed by atoms with Gasteiger partial charge >= 0.3 is 12.1 Å². The highest BCUT2D eigenvalue weighted by atomic mass is 19.4. The molecule has 0 saturated heterocycles. The number of furan rings is 1. The number of anilines is 1. The van der Waals surface area contributed by atoms with Gasteiger partial charge in [-0.15, -0.1) is 5.10 Å². The molecule has 0 aliphatic rings. The number of aliphatic carboxylic acids is 1. The Morgan fingerprint density at radius 2 is 1.97 bits per heavy atom. The highest BCUT2D eigenvalue weighted by Gasteiger charge is 2.33. The summed E-state index contributed by atoms with van der Waals surface area (Å²) in [4.78, 5) is 20.6. The first kappa shape index (κ1) is 19.5. The lowest BCUT2D eigenvalue weighted by atomic mass is 10.0. The van der Waals surface area contributed by atoms with E-state index >= 15 is 0 Å². The molecule has 1 atom stereocenters. The molecule has 4 aromatic heterocycles. The van der Waals surface area contributed by atoms with Gasteiger partial charge in [-0.1, -0.05) is 12.1 Å². The predicted octanol–water partition coefficient (Wildman–Crippen LogP) is 3.01. The Labute approximate surface area is 175 Å². The van der Waals surface area contributed by atoms with Gasteiger partial charge in [-0.25, -0.2) is 14.5 Å². The minimum Gasteiger partial charge on any atom is -0.479 e. The molecule has 13 heteroatoms. The quantitative estimate of drug-likeness (QED) is 0.432. The van der Waals surface area contributed by atoms with Crippen LogP contribution < -0.4 is 5.73 Å². The van der Waals surface area contributed by atoms with Crippen LogP contribution >= 0.6 is 0 Å². The molecule has 1 aromatic carbocycles. The van der Waals surface area contributed by atoms with E-state index in [9.17, 15) is 23.1 Å². The number of halogens is 3. The second-order valence-corrected chi connectivity index (χ2v) is 6.81. The Hall–Kier alpha value is -4.42. The number of fused-ring (bicyclic) bond motifs is 3. The van der Waals surface area contributed by atoms with E-state index in [4.69, 9.17) is 10.2 Å². The Morgan fingerprint density at radius 1 is 1.16 bits per heavy atom. The number of nitrogen functional groups attached to an aromatic ring is 1. The maximum Gasteiger partial charge on any atom is 0.416 e. The van der Waals surface area contributed by atoms with Crippen molar-refractivity contribution in [3.8, 4) is 11.6 Å². The number of alkyl halides is 3. The van der Waals surface area contributed by atoms with Gasteiger partial charge in [0, 0.05) is 0 Å². The standard InChI is InChI=1S/C19H12F3N7O3/c20-19(21,22)10-4-1-3-9(7-10)13(17(30)31)28-16-11(8-24-28)15-25-14(12-5-2-6-32-12)27-29(15)18(23)26-16/h1-8,13H,(H2,23,26)(H,30,31). The average molecular weight is 443 g/mol. The van der Waals surface area contributed by atoms with E-state index < -0.39 is 23.8 Å². The summed E-state index contributed by atoms with van der Waals surface area (Å²) in [6.07, 6.45) is -1.88. The Kier molecular flexibility index (Phi) is 4.15. The molecule has 0 amide bonds. The van der Waals surface area contributed by atoms with Gasteiger partial charge in [0.15, 0.2) is 23.1 Å². The summed E-state index contributed by atoms with van der Waals surface area (Å²) in [6, 6.07) is 5.74. The number of carboxylic acids is 1. The second-order valence-electron chi connectivity index (χ2n) is 6.81. The smallest absolute Gasteiger partial charge is 0.416 e. The zero-order valence-electron chi connectivity index (χ0n) is 15.9. The fourth-order valence-corrected chi connectivity index (χ4v) is 3.40. The number of rotatable bonds is 4. The Balaban J connectivity index is 1.70. The first-order chi connectivity index (χ1) is 15.2. The number of nitrogens with two attached hydrogens (primary N) is 1. The molecule has 0 aliphatic heterocycles. The summed E-state index contributed by atoms with van der Waals surface area (Å²) in [5.41, 5.74) is 5.15. The highest BCUT2D eigenvalue weighted by Crippen LogP contribution is 2.33. The molecular weight excluding hydrogens is 431 g/mol. The van der Waals surface area contributed by atoms with Crippen molar-refractivity contribution in [3.05, 3.63) is 60.0 Å². The molecule has 5 rings (SSSR count). The molecule has 0 fully saturated rings. The second kappa shape index (κ2) is 6.80. The summed E-state index contributed by atoms with van der Waals surface area (Å²) in [7, 11) is 0.